The first-order valence-corrected chi connectivity index (χ1v) is 11.3. The van der Waals surface area contributed by atoms with Crippen molar-refractivity contribution in [3.8, 4) is 6.07 Å². The van der Waals surface area contributed by atoms with Crippen LogP contribution in [0.1, 0.15) is 51.3 Å². The van der Waals surface area contributed by atoms with Gasteiger partial charge in [0.05, 0.1) is 37.1 Å². The molecule has 34 heavy (non-hydrogen) atoms. The number of oxime groups is 1. The lowest BCUT2D eigenvalue weighted by molar-refractivity contribution is 0.0262. The van der Waals surface area contributed by atoms with Gasteiger partial charge in [-0.1, -0.05) is 24.7 Å². The molecule has 0 saturated carbocycles. The van der Waals surface area contributed by atoms with Crippen molar-refractivity contribution in [3.63, 3.8) is 0 Å². The Morgan fingerprint density at radius 2 is 2.06 bits per heavy atom. The first-order valence-electron chi connectivity index (χ1n) is 11.3. The number of carbonyl (C=O) groups excluding carboxylic acids is 1. The number of ether oxygens (including phenoxy) is 1. The van der Waals surface area contributed by atoms with E-state index in [-0.39, 0.29) is 37.5 Å². The van der Waals surface area contributed by atoms with E-state index >= 15 is 0 Å². The molecular weight excluding hydrogens is 437 g/mol. The van der Waals surface area contributed by atoms with E-state index in [4.69, 9.17) is 14.8 Å². The molecule has 0 fully saturated rings. The number of aryl methyl sites for hydroxylation is 1. The van der Waals surface area contributed by atoms with E-state index in [1.807, 2.05) is 20.8 Å². The number of urea groups is 1. The van der Waals surface area contributed by atoms with Gasteiger partial charge in [-0.25, -0.2) is 19.2 Å². The molecule has 2 rings (SSSR count). The summed E-state index contributed by atoms with van der Waals surface area (Å²) in [5.74, 6) is -0.389. The number of nitriles is 1. The van der Waals surface area contributed by atoms with E-state index in [1.165, 1.54) is 22.0 Å². The van der Waals surface area contributed by atoms with Crippen LogP contribution in [-0.2, 0) is 16.0 Å². The minimum atomic E-state index is -0.639. The zero-order valence-corrected chi connectivity index (χ0v) is 20.8. The SMILES string of the molecule is C=C1C(/C(C)=N/OC(C)C)=CN(CC(OCCC#N)c2cc(F)ccc2CC)C(=O)N1N(C)C. The van der Waals surface area contributed by atoms with Crippen molar-refractivity contribution in [2.45, 2.75) is 52.7 Å². The van der Waals surface area contributed by atoms with Crippen molar-refractivity contribution in [2.24, 2.45) is 5.16 Å². The summed E-state index contributed by atoms with van der Waals surface area (Å²) in [5.41, 5.74) is 3.21. The fourth-order valence-electron chi connectivity index (χ4n) is 3.57. The lowest BCUT2D eigenvalue weighted by atomic mass is 9.99. The highest BCUT2D eigenvalue weighted by atomic mass is 19.1. The first kappa shape index (κ1) is 27.0. The number of hydrazine groups is 1. The summed E-state index contributed by atoms with van der Waals surface area (Å²) in [7, 11) is 3.48. The molecule has 0 bridgehead atoms. The van der Waals surface area contributed by atoms with Gasteiger partial charge in [-0.3, -0.25) is 4.90 Å². The molecule has 1 aromatic carbocycles. The van der Waals surface area contributed by atoms with Gasteiger partial charge in [0.2, 0.25) is 0 Å². The highest BCUT2D eigenvalue weighted by Gasteiger charge is 2.34. The number of amides is 2. The molecule has 1 aliphatic heterocycles. The number of nitrogens with zero attached hydrogens (tertiary/aromatic N) is 5. The van der Waals surface area contributed by atoms with E-state index in [0.717, 1.165) is 5.56 Å². The summed E-state index contributed by atoms with van der Waals surface area (Å²) in [4.78, 5) is 20.3. The van der Waals surface area contributed by atoms with Crippen molar-refractivity contribution in [1.29, 1.82) is 5.26 Å². The predicted molar refractivity (Wildman–Crippen MR) is 129 cm³/mol. The Bertz CT molecular complexity index is 997. The normalized spacial score (nSPS) is 15.6. The highest BCUT2D eigenvalue weighted by Crippen LogP contribution is 2.30. The summed E-state index contributed by atoms with van der Waals surface area (Å²) < 4.78 is 20.2. The van der Waals surface area contributed by atoms with E-state index in [1.54, 1.807) is 38.3 Å². The molecule has 9 heteroatoms. The summed E-state index contributed by atoms with van der Waals surface area (Å²) >= 11 is 0. The summed E-state index contributed by atoms with van der Waals surface area (Å²) in [6.07, 6.45) is 1.77. The second-order valence-corrected chi connectivity index (χ2v) is 8.38. The standard InChI is InChI=1S/C25H34FN5O3/c1-8-20-10-11-21(26)14-22(20)24(33-13-9-12-27)16-30-15-23(18(4)28-34-17(2)3)19(5)31(25(30)32)29(6)7/h10-11,14-15,17,24H,5,8-9,13,16H2,1-4,6-7H3/b28-18+. The Morgan fingerprint density at radius 3 is 2.65 bits per heavy atom. The second-order valence-electron chi connectivity index (χ2n) is 8.38. The third-order valence-electron chi connectivity index (χ3n) is 5.20. The molecule has 8 nitrogen and oxygen atoms in total. The summed E-state index contributed by atoms with van der Waals surface area (Å²) in [6, 6.07) is 6.28. The summed E-state index contributed by atoms with van der Waals surface area (Å²) in [5, 5.41) is 16.2. The largest absolute Gasteiger partial charge is 0.393 e. The van der Waals surface area contributed by atoms with Gasteiger partial charge in [0.25, 0.3) is 0 Å². The van der Waals surface area contributed by atoms with E-state index < -0.39 is 6.10 Å². The van der Waals surface area contributed by atoms with Crippen molar-refractivity contribution in [3.05, 3.63) is 59.2 Å². The molecule has 1 heterocycles. The fraction of sp³-hybridized carbons (Fsp3) is 0.480. The van der Waals surface area contributed by atoms with Crippen LogP contribution in [0.2, 0.25) is 0 Å². The van der Waals surface area contributed by atoms with E-state index in [2.05, 4.69) is 17.8 Å². The van der Waals surface area contributed by atoms with Gasteiger partial charge in [-0.15, -0.1) is 0 Å². The molecule has 1 aromatic rings. The first-order chi connectivity index (χ1) is 16.1. The molecule has 0 N–H and O–H groups in total. The zero-order chi connectivity index (χ0) is 25.4. The number of hydrogen-bond donors (Lipinski definition) is 0. The van der Waals surface area contributed by atoms with Gasteiger partial charge in [-0.2, -0.15) is 5.26 Å². The van der Waals surface area contributed by atoms with Crippen molar-refractivity contribution < 1.29 is 18.8 Å². The van der Waals surface area contributed by atoms with Crippen LogP contribution in [0.25, 0.3) is 0 Å². The zero-order valence-electron chi connectivity index (χ0n) is 20.8. The topological polar surface area (TPSA) is 81.4 Å². The Balaban J connectivity index is 2.50. The van der Waals surface area contributed by atoms with Crippen molar-refractivity contribution in [1.82, 2.24) is 14.9 Å². The minimum Gasteiger partial charge on any atom is -0.393 e. The van der Waals surface area contributed by atoms with Crippen LogP contribution in [0.4, 0.5) is 9.18 Å². The highest BCUT2D eigenvalue weighted by molar-refractivity contribution is 6.03. The molecule has 2 amide bonds. The number of hydrogen-bond acceptors (Lipinski definition) is 6. The average Bonchev–Trinajstić information content (AvgIpc) is 2.78. The molecular formula is C25H34FN5O3. The number of rotatable bonds is 11. The maximum Gasteiger partial charge on any atom is 0.343 e. The van der Waals surface area contributed by atoms with Crippen LogP contribution in [0, 0.1) is 17.1 Å². The average molecular weight is 472 g/mol. The molecule has 0 radical (unpaired) electrons. The van der Waals surface area contributed by atoms with Gasteiger partial charge in [0, 0.05) is 25.9 Å². The van der Waals surface area contributed by atoms with Gasteiger partial charge in [0.15, 0.2) is 0 Å². The summed E-state index contributed by atoms with van der Waals surface area (Å²) in [6.45, 7) is 11.8. The number of allylic oxidation sites excluding steroid dienone is 1. The van der Waals surface area contributed by atoms with Crippen LogP contribution in [0.3, 0.4) is 0 Å². The fourth-order valence-corrected chi connectivity index (χ4v) is 3.57. The van der Waals surface area contributed by atoms with Crippen LogP contribution < -0.4 is 0 Å². The van der Waals surface area contributed by atoms with Gasteiger partial charge >= 0.3 is 6.03 Å². The van der Waals surface area contributed by atoms with Crippen LogP contribution in [-0.4, -0.2) is 60.0 Å². The number of halogens is 1. The third kappa shape index (κ3) is 6.65. The van der Waals surface area contributed by atoms with Crippen molar-refractivity contribution >= 4 is 11.7 Å². The molecule has 1 atom stereocenters. The molecule has 0 aromatic heterocycles. The second kappa shape index (κ2) is 12.3. The van der Waals surface area contributed by atoms with Crippen LogP contribution in [0.5, 0.6) is 0 Å². The van der Waals surface area contributed by atoms with Crippen molar-refractivity contribution in [2.75, 3.05) is 27.2 Å². The Morgan fingerprint density at radius 1 is 1.35 bits per heavy atom. The Hall–Kier alpha value is -3.22. The van der Waals surface area contributed by atoms with Crippen LogP contribution >= 0.6 is 0 Å². The molecule has 1 unspecified atom stereocenters. The molecule has 0 spiro atoms. The Kier molecular flexibility index (Phi) is 9.78. The van der Waals surface area contributed by atoms with Gasteiger partial charge < -0.3 is 9.57 Å². The van der Waals surface area contributed by atoms with E-state index in [9.17, 15) is 9.18 Å². The van der Waals surface area contributed by atoms with Crippen LogP contribution in [0.15, 0.2) is 47.4 Å². The molecule has 0 saturated heterocycles. The smallest absolute Gasteiger partial charge is 0.343 e. The monoisotopic (exact) mass is 471 g/mol. The van der Waals surface area contributed by atoms with Gasteiger partial charge in [0.1, 0.15) is 18.0 Å². The van der Waals surface area contributed by atoms with Gasteiger partial charge in [-0.05, 0) is 50.5 Å². The lowest BCUT2D eigenvalue weighted by Gasteiger charge is -2.40. The quantitative estimate of drug-likeness (QED) is 0.264. The molecule has 184 valence electrons. The minimum absolute atomic E-state index is 0.103. The molecule has 0 aliphatic carbocycles. The maximum atomic E-state index is 14.2. The maximum absolute atomic E-state index is 14.2. The predicted octanol–water partition coefficient (Wildman–Crippen LogP) is 4.77. The van der Waals surface area contributed by atoms with E-state index in [0.29, 0.717) is 29.0 Å². The third-order valence-corrected chi connectivity index (χ3v) is 5.20. The molecule has 1 aliphatic rings. The number of benzene rings is 1. The number of carbonyl (C=O) groups is 1. The Labute approximate surface area is 201 Å². The lowest BCUT2D eigenvalue weighted by Crippen LogP contribution is -2.51.